The highest BCUT2D eigenvalue weighted by Gasteiger charge is 2.28. The van der Waals surface area contributed by atoms with Gasteiger partial charge in [0.05, 0.1) is 30.0 Å². The van der Waals surface area contributed by atoms with Crippen LogP contribution in [0.25, 0.3) is 6.08 Å². The summed E-state index contributed by atoms with van der Waals surface area (Å²) in [5.74, 6) is -1.22. The van der Waals surface area contributed by atoms with Crippen LogP contribution in [-0.4, -0.2) is 73.7 Å². The number of nitriles is 1. The number of hydrogen-bond acceptors (Lipinski definition) is 9. The third kappa shape index (κ3) is 10.9. The van der Waals surface area contributed by atoms with Gasteiger partial charge in [0, 0.05) is 32.4 Å². The summed E-state index contributed by atoms with van der Waals surface area (Å²) in [7, 11) is -4.11. The number of likely N-dealkylation sites (tertiary alicyclic amines) is 1. The number of benzene rings is 2. The van der Waals surface area contributed by atoms with Gasteiger partial charge in [-0.3, -0.25) is 9.52 Å². The first-order valence-corrected chi connectivity index (χ1v) is 16.1. The lowest BCUT2D eigenvalue weighted by Crippen LogP contribution is -2.44. The fourth-order valence-electron chi connectivity index (χ4n) is 4.57. The molecule has 1 heterocycles. The molecule has 2 aromatic carbocycles. The Morgan fingerprint density at radius 1 is 1.20 bits per heavy atom. The van der Waals surface area contributed by atoms with E-state index in [1.165, 1.54) is 0 Å². The minimum absolute atomic E-state index is 0.0272. The highest BCUT2D eigenvalue weighted by molar-refractivity contribution is 7.93. The normalized spacial score (nSPS) is 15.0. The molecule has 0 aromatic heterocycles. The second kappa shape index (κ2) is 15.1. The van der Waals surface area contributed by atoms with Crippen molar-refractivity contribution in [1.82, 2.24) is 4.90 Å². The molecule has 2 N–H and O–H groups in total. The maximum atomic E-state index is 12.8. The third-order valence-electron chi connectivity index (χ3n) is 6.62. The largest absolute Gasteiger partial charge is 0.490 e. The maximum Gasteiger partial charge on any atom is 0.410 e. The van der Waals surface area contributed by atoms with E-state index >= 15 is 0 Å². The van der Waals surface area contributed by atoms with Crippen LogP contribution in [0.4, 0.5) is 10.5 Å². The Hall–Kier alpha value is -4.08. The second-order valence-electron chi connectivity index (χ2n) is 11.6. The summed E-state index contributed by atoms with van der Waals surface area (Å²) < 4.78 is 44.6. The molecule has 1 amide bonds. The number of carbonyl (C=O) groups is 2. The lowest BCUT2D eigenvalue weighted by atomic mass is 10.0. The average Bonchev–Trinajstić information content (AvgIpc) is 2.93. The van der Waals surface area contributed by atoms with Crippen LogP contribution in [0, 0.1) is 18.3 Å². The molecule has 0 bridgehead atoms. The molecule has 1 fully saturated rings. The van der Waals surface area contributed by atoms with E-state index in [1.54, 1.807) is 67.3 Å². The number of aliphatic hydroxyl groups is 1. The second-order valence-corrected chi connectivity index (χ2v) is 13.3. The first kappa shape index (κ1) is 34.4. The summed E-state index contributed by atoms with van der Waals surface area (Å²) in [5.41, 5.74) is 1.93. The SMILES string of the molecule is CCOC(=O)CS(=O)(=O)Nc1cc(C)c(OC2CCN(C(=O)OC(C)(C)C)CC2)cc1CC(O)/C=C/c1cccc(C#N)c1. The van der Waals surface area contributed by atoms with Gasteiger partial charge in [-0.2, -0.15) is 5.26 Å². The van der Waals surface area contributed by atoms with Crippen LogP contribution < -0.4 is 9.46 Å². The Labute approximate surface area is 259 Å². The molecular formula is C32H41N3O8S. The van der Waals surface area contributed by atoms with Gasteiger partial charge in [0.1, 0.15) is 17.5 Å². The number of piperidine rings is 1. The van der Waals surface area contributed by atoms with Crippen LogP contribution in [0.2, 0.25) is 0 Å². The molecule has 1 aliphatic rings. The third-order valence-corrected chi connectivity index (χ3v) is 7.77. The lowest BCUT2D eigenvalue weighted by molar-refractivity contribution is -0.139. The van der Waals surface area contributed by atoms with Crippen LogP contribution in [0.5, 0.6) is 5.75 Å². The summed E-state index contributed by atoms with van der Waals surface area (Å²) in [6.45, 7) is 9.81. The summed E-state index contributed by atoms with van der Waals surface area (Å²) in [6, 6.07) is 12.3. The molecule has 3 rings (SSSR count). The minimum atomic E-state index is -4.11. The van der Waals surface area contributed by atoms with Gasteiger partial charge < -0.3 is 24.2 Å². The van der Waals surface area contributed by atoms with Gasteiger partial charge in [-0.25, -0.2) is 13.2 Å². The number of carbonyl (C=O) groups excluding carboxylic acids is 2. The summed E-state index contributed by atoms with van der Waals surface area (Å²) in [5, 5.41) is 20.0. The summed E-state index contributed by atoms with van der Waals surface area (Å²) in [4.78, 5) is 26.0. The number of aryl methyl sites for hydroxylation is 1. The molecule has 2 aromatic rings. The van der Waals surface area contributed by atoms with Gasteiger partial charge in [-0.05, 0) is 75.6 Å². The number of aliphatic hydroxyl groups excluding tert-OH is 1. The van der Waals surface area contributed by atoms with Crippen molar-refractivity contribution in [3.05, 3.63) is 64.7 Å². The number of sulfonamides is 1. The zero-order valence-corrected chi connectivity index (χ0v) is 26.6. The molecule has 1 saturated heterocycles. The zero-order valence-electron chi connectivity index (χ0n) is 25.8. The van der Waals surface area contributed by atoms with Gasteiger partial charge in [0.15, 0.2) is 5.75 Å². The van der Waals surface area contributed by atoms with Crippen LogP contribution in [0.1, 0.15) is 62.8 Å². The van der Waals surface area contributed by atoms with Crippen molar-refractivity contribution >= 4 is 33.8 Å². The van der Waals surface area contributed by atoms with Gasteiger partial charge in [-0.15, -0.1) is 0 Å². The van der Waals surface area contributed by atoms with E-state index in [9.17, 15) is 23.1 Å². The average molecular weight is 628 g/mol. The molecule has 1 unspecified atom stereocenters. The van der Waals surface area contributed by atoms with E-state index < -0.39 is 33.5 Å². The summed E-state index contributed by atoms with van der Waals surface area (Å²) in [6.07, 6.45) is 2.85. The van der Waals surface area contributed by atoms with Crippen molar-refractivity contribution in [1.29, 1.82) is 5.26 Å². The number of anilines is 1. The lowest BCUT2D eigenvalue weighted by Gasteiger charge is -2.33. The number of ether oxygens (including phenoxy) is 3. The minimum Gasteiger partial charge on any atom is -0.490 e. The fourth-order valence-corrected chi connectivity index (χ4v) is 5.56. The van der Waals surface area contributed by atoms with Crippen molar-refractivity contribution in [2.45, 2.75) is 71.7 Å². The van der Waals surface area contributed by atoms with E-state index in [1.807, 2.05) is 20.8 Å². The monoisotopic (exact) mass is 627 g/mol. The molecular weight excluding hydrogens is 586 g/mol. The maximum absolute atomic E-state index is 12.8. The number of nitrogens with zero attached hydrogens (tertiary/aromatic N) is 2. The Kier molecular flexibility index (Phi) is 11.8. The Morgan fingerprint density at radius 2 is 1.91 bits per heavy atom. The van der Waals surface area contributed by atoms with E-state index in [0.29, 0.717) is 48.4 Å². The topological polar surface area (TPSA) is 155 Å². The van der Waals surface area contributed by atoms with E-state index in [-0.39, 0.29) is 30.9 Å². The van der Waals surface area contributed by atoms with Crippen molar-refractivity contribution < 1.29 is 37.3 Å². The van der Waals surface area contributed by atoms with Crippen LogP contribution in [0.3, 0.4) is 0 Å². The Bertz CT molecular complexity index is 1500. The standard InChI is InChI=1S/C32H41N3O8S/c1-6-41-30(37)21-44(39,40)34-28-16-22(2)29(42-27-12-14-35(15-13-27)31(38)43-32(3,4)5)19-25(28)18-26(36)11-10-23-8-7-9-24(17-23)20-33/h7-11,16-17,19,26-27,34,36H,6,12-15,18,21H2,1-5H3/b11-10+. The first-order valence-electron chi connectivity index (χ1n) is 14.5. The number of rotatable bonds is 11. The predicted octanol–water partition coefficient (Wildman–Crippen LogP) is 4.57. The van der Waals surface area contributed by atoms with Crippen molar-refractivity contribution in [3.8, 4) is 11.8 Å². The molecule has 11 nitrogen and oxygen atoms in total. The molecule has 0 aliphatic carbocycles. The number of nitrogens with one attached hydrogen (secondary N) is 1. The fraction of sp³-hybridized carbons (Fsp3) is 0.469. The van der Waals surface area contributed by atoms with Crippen LogP contribution in [-0.2, 0) is 30.7 Å². The van der Waals surface area contributed by atoms with Gasteiger partial charge in [-0.1, -0.05) is 24.3 Å². The molecule has 1 aliphatic heterocycles. The molecule has 12 heteroatoms. The highest BCUT2D eigenvalue weighted by atomic mass is 32.2. The number of amides is 1. The molecule has 1 atom stereocenters. The first-order chi connectivity index (χ1) is 20.7. The number of hydrogen-bond donors (Lipinski definition) is 2. The smallest absolute Gasteiger partial charge is 0.410 e. The number of esters is 1. The zero-order chi connectivity index (χ0) is 32.5. The summed E-state index contributed by atoms with van der Waals surface area (Å²) >= 11 is 0. The molecule has 0 spiro atoms. The Balaban J connectivity index is 1.81. The molecule has 0 saturated carbocycles. The van der Waals surface area contributed by atoms with Gasteiger partial charge in [0.2, 0.25) is 10.0 Å². The van der Waals surface area contributed by atoms with E-state index in [4.69, 9.17) is 19.5 Å². The van der Waals surface area contributed by atoms with Crippen LogP contribution >= 0.6 is 0 Å². The van der Waals surface area contributed by atoms with E-state index in [2.05, 4.69) is 10.8 Å². The molecule has 44 heavy (non-hydrogen) atoms. The van der Waals surface area contributed by atoms with Crippen molar-refractivity contribution in [3.63, 3.8) is 0 Å². The van der Waals surface area contributed by atoms with Gasteiger partial charge in [0.25, 0.3) is 0 Å². The van der Waals surface area contributed by atoms with E-state index in [0.717, 1.165) is 5.56 Å². The quantitative estimate of drug-likeness (QED) is 0.341. The van der Waals surface area contributed by atoms with Crippen LogP contribution in [0.15, 0.2) is 42.5 Å². The molecule has 238 valence electrons. The molecule has 0 radical (unpaired) electrons. The predicted molar refractivity (Wildman–Crippen MR) is 167 cm³/mol. The Morgan fingerprint density at radius 3 is 2.55 bits per heavy atom. The highest BCUT2D eigenvalue weighted by Crippen LogP contribution is 2.31. The van der Waals surface area contributed by atoms with Crippen molar-refractivity contribution in [2.75, 3.05) is 30.2 Å². The van der Waals surface area contributed by atoms with Gasteiger partial charge >= 0.3 is 12.1 Å². The van der Waals surface area contributed by atoms with Crippen molar-refractivity contribution in [2.24, 2.45) is 0 Å².